The van der Waals surface area contributed by atoms with Gasteiger partial charge in [-0.05, 0) is 31.5 Å². The molecule has 0 saturated carbocycles. The normalized spacial score (nSPS) is 10.2. The number of hydrogen-bond donors (Lipinski definition) is 1. The predicted molar refractivity (Wildman–Crippen MR) is 79.5 cm³/mol. The highest BCUT2D eigenvalue weighted by atomic mass is 32.1. The van der Waals surface area contributed by atoms with Crippen molar-refractivity contribution in [2.45, 2.75) is 13.8 Å². The van der Waals surface area contributed by atoms with Crippen LogP contribution in [0.25, 0.3) is 0 Å². The van der Waals surface area contributed by atoms with Gasteiger partial charge in [-0.1, -0.05) is 12.1 Å². The largest absolute Gasteiger partial charge is 0.465 e. The molecule has 0 radical (unpaired) electrons. The van der Waals surface area contributed by atoms with Crippen molar-refractivity contribution in [1.82, 2.24) is 0 Å². The third-order valence-corrected chi connectivity index (χ3v) is 4.12. The highest BCUT2D eigenvalue weighted by Gasteiger charge is 2.16. The van der Waals surface area contributed by atoms with Crippen LogP contribution in [0, 0.1) is 13.8 Å². The van der Waals surface area contributed by atoms with Gasteiger partial charge in [0.05, 0.1) is 23.9 Å². The number of ether oxygens (including phenoxy) is 1. The van der Waals surface area contributed by atoms with Crippen molar-refractivity contribution >= 4 is 28.9 Å². The summed E-state index contributed by atoms with van der Waals surface area (Å²) >= 11 is 1.53. The molecule has 0 atom stereocenters. The van der Waals surface area contributed by atoms with E-state index in [1.807, 2.05) is 19.2 Å². The topological polar surface area (TPSA) is 55.4 Å². The van der Waals surface area contributed by atoms with Crippen LogP contribution in [0.5, 0.6) is 0 Å². The van der Waals surface area contributed by atoms with Crippen LogP contribution in [0.1, 0.15) is 31.2 Å². The van der Waals surface area contributed by atoms with Gasteiger partial charge in [0.1, 0.15) is 0 Å². The fourth-order valence-corrected chi connectivity index (χ4v) is 2.67. The van der Waals surface area contributed by atoms with Crippen LogP contribution in [-0.4, -0.2) is 19.0 Å². The Morgan fingerprint density at radius 2 is 1.85 bits per heavy atom. The van der Waals surface area contributed by atoms with E-state index in [1.54, 1.807) is 24.3 Å². The van der Waals surface area contributed by atoms with E-state index >= 15 is 0 Å². The number of anilines is 1. The summed E-state index contributed by atoms with van der Waals surface area (Å²) in [6.07, 6.45) is 0. The Morgan fingerprint density at radius 3 is 2.45 bits per heavy atom. The van der Waals surface area contributed by atoms with Crippen LogP contribution in [-0.2, 0) is 4.74 Å². The van der Waals surface area contributed by atoms with Crippen LogP contribution in [0.15, 0.2) is 29.6 Å². The quantitative estimate of drug-likeness (QED) is 0.881. The first-order chi connectivity index (χ1) is 9.54. The summed E-state index contributed by atoms with van der Waals surface area (Å²) in [4.78, 5) is 25.0. The number of esters is 1. The van der Waals surface area contributed by atoms with Gasteiger partial charge in [0, 0.05) is 10.3 Å². The van der Waals surface area contributed by atoms with E-state index in [-0.39, 0.29) is 5.91 Å². The molecular formula is C15H15NO3S. The van der Waals surface area contributed by atoms with Gasteiger partial charge in [0.15, 0.2) is 0 Å². The molecule has 0 aliphatic carbocycles. The van der Waals surface area contributed by atoms with Gasteiger partial charge in [-0.15, -0.1) is 11.3 Å². The summed E-state index contributed by atoms with van der Waals surface area (Å²) < 4.78 is 4.70. The lowest BCUT2D eigenvalue weighted by molar-refractivity contribution is 0.0602. The van der Waals surface area contributed by atoms with E-state index in [4.69, 9.17) is 4.74 Å². The molecule has 1 aromatic carbocycles. The van der Waals surface area contributed by atoms with Crippen LogP contribution < -0.4 is 5.32 Å². The molecule has 0 aliphatic rings. The molecule has 0 fully saturated rings. The Bertz CT molecular complexity index is 661. The van der Waals surface area contributed by atoms with Gasteiger partial charge in [-0.25, -0.2) is 4.79 Å². The molecule has 0 bridgehead atoms. The molecule has 0 saturated heterocycles. The molecule has 1 N–H and O–H groups in total. The number of methoxy groups -OCH3 is 1. The summed E-state index contributed by atoms with van der Waals surface area (Å²) in [5.41, 5.74) is 2.38. The zero-order valence-electron chi connectivity index (χ0n) is 11.5. The number of benzene rings is 1. The lowest BCUT2D eigenvalue weighted by Gasteiger charge is -2.09. The Kier molecular flexibility index (Phi) is 4.20. The van der Waals surface area contributed by atoms with Crippen LogP contribution in [0.3, 0.4) is 0 Å². The molecule has 1 heterocycles. The number of amides is 1. The highest BCUT2D eigenvalue weighted by molar-refractivity contribution is 7.10. The minimum absolute atomic E-state index is 0.219. The molecule has 20 heavy (non-hydrogen) atoms. The SMILES string of the molecule is COC(=O)c1ccccc1NC(=O)c1csc(C)c1C. The average Bonchev–Trinajstić information content (AvgIpc) is 2.79. The fourth-order valence-electron chi connectivity index (χ4n) is 1.81. The van der Waals surface area contributed by atoms with Gasteiger partial charge < -0.3 is 10.1 Å². The molecule has 5 heteroatoms. The first kappa shape index (κ1) is 14.3. The smallest absolute Gasteiger partial charge is 0.339 e. The van der Waals surface area contributed by atoms with E-state index in [0.29, 0.717) is 16.8 Å². The minimum Gasteiger partial charge on any atom is -0.465 e. The molecule has 0 aliphatic heterocycles. The number of aryl methyl sites for hydroxylation is 1. The summed E-state index contributed by atoms with van der Waals surface area (Å²) in [7, 11) is 1.31. The number of thiophene rings is 1. The second kappa shape index (κ2) is 5.88. The summed E-state index contributed by atoms with van der Waals surface area (Å²) in [6.45, 7) is 3.88. The molecule has 4 nitrogen and oxygen atoms in total. The van der Waals surface area contributed by atoms with Crippen LogP contribution >= 0.6 is 11.3 Å². The molecular weight excluding hydrogens is 274 g/mol. The maximum absolute atomic E-state index is 12.3. The molecule has 1 aromatic heterocycles. The first-order valence-corrected chi connectivity index (χ1v) is 6.96. The third-order valence-electron chi connectivity index (χ3n) is 3.11. The maximum Gasteiger partial charge on any atom is 0.339 e. The molecule has 2 aromatic rings. The summed E-state index contributed by atoms with van der Waals surface area (Å²) in [5.74, 6) is -0.692. The van der Waals surface area contributed by atoms with Crippen molar-refractivity contribution < 1.29 is 14.3 Å². The first-order valence-electron chi connectivity index (χ1n) is 6.08. The standard InChI is InChI=1S/C15H15NO3S/c1-9-10(2)20-8-12(9)14(17)16-13-7-5-4-6-11(13)15(18)19-3/h4-8H,1-3H3,(H,16,17). The molecule has 0 spiro atoms. The number of carbonyl (C=O) groups excluding carboxylic acids is 2. The fraction of sp³-hybridized carbons (Fsp3) is 0.200. The number of hydrogen-bond acceptors (Lipinski definition) is 4. The zero-order chi connectivity index (χ0) is 14.7. The van der Waals surface area contributed by atoms with E-state index in [9.17, 15) is 9.59 Å². The van der Waals surface area contributed by atoms with Crippen molar-refractivity contribution in [1.29, 1.82) is 0 Å². The van der Waals surface area contributed by atoms with Crippen LogP contribution in [0.4, 0.5) is 5.69 Å². The third kappa shape index (κ3) is 2.72. The maximum atomic E-state index is 12.3. The van der Waals surface area contributed by atoms with Crippen molar-refractivity contribution in [3.8, 4) is 0 Å². The summed E-state index contributed by atoms with van der Waals surface area (Å²) in [5, 5.41) is 4.58. The number of carbonyl (C=O) groups is 2. The molecule has 1 amide bonds. The predicted octanol–water partition coefficient (Wildman–Crippen LogP) is 3.40. The van der Waals surface area contributed by atoms with Gasteiger partial charge in [0.2, 0.25) is 0 Å². The van der Waals surface area contributed by atoms with Crippen LogP contribution in [0.2, 0.25) is 0 Å². The van der Waals surface area contributed by atoms with Crippen molar-refractivity contribution in [2.75, 3.05) is 12.4 Å². The molecule has 0 unspecified atom stereocenters. The van der Waals surface area contributed by atoms with E-state index in [2.05, 4.69) is 5.32 Å². The Morgan fingerprint density at radius 1 is 1.15 bits per heavy atom. The van der Waals surface area contributed by atoms with Crippen molar-refractivity contribution in [2.24, 2.45) is 0 Å². The lowest BCUT2D eigenvalue weighted by atomic mass is 10.1. The van der Waals surface area contributed by atoms with E-state index in [1.165, 1.54) is 18.4 Å². The Labute approximate surface area is 121 Å². The van der Waals surface area contributed by atoms with Crippen molar-refractivity contribution in [3.63, 3.8) is 0 Å². The number of rotatable bonds is 3. The Balaban J connectivity index is 2.29. The van der Waals surface area contributed by atoms with Gasteiger partial charge in [0.25, 0.3) is 5.91 Å². The summed E-state index contributed by atoms with van der Waals surface area (Å²) in [6, 6.07) is 6.78. The number of para-hydroxylation sites is 1. The monoisotopic (exact) mass is 289 g/mol. The highest BCUT2D eigenvalue weighted by Crippen LogP contribution is 2.23. The zero-order valence-corrected chi connectivity index (χ0v) is 12.3. The number of nitrogens with one attached hydrogen (secondary N) is 1. The average molecular weight is 289 g/mol. The van der Waals surface area contributed by atoms with Gasteiger partial charge in [-0.3, -0.25) is 4.79 Å². The van der Waals surface area contributed by atoms with Gasteiger partial charge in [-0.2, -0.15) is 0 Å². The molecule has 2 rings (SSSR count). The van der Waals surface area contributed by atoms with E-state index in [0.717, 1.165) is 10.4 Å². The second-order valence-electron chi connectivity index (χ2n) is 4.32. The van der Waals surface area contributed by atoms with Crippen molar-refractivity contribution in [3.05, 3.63) is 51.2 Å². The second-order valence-corrected chi connectivity index (χ2v) is 5.41. The van der Waals surface area contributed by atoms with E-state index < -0.39 is 5.97 Å². The molecule has 104 valence electrons. The Hall–Kier alpha value is -2.14. The minimum atomic E-state index is -0.473. The lowest BCUT2D eigenvalue weighted by Crippen LogP contribution is -2.15. The van der Waals surface area contributed by atoms with Gasteiger partial charge >= 0.3 is 5.97 Å².